The molecule has 1 fully saturated rings. The van der Waals surface area contributed by atoms with Gasteiger partial charge in [-0.1, -0.05) is 53.7 Å². The lowest BCUT2D eigenvalue weighted by molar-refractivity contribution is -0.356. The third kappa shape index (κ3) is 7.02. The monoisotopic (exact) mass is 468 g/mol. The largest absolute Gasteiger partial charge is 0.497 e. The Hall–Kier alpha value is -0.963. The van der Waals surface area contributed by atoms with Crippen molar-refractivity contribution in [3.05, 3.63) is 29.8 Å². The van der Waals surface area contributed by atoms with E-state index in [0.717, 1.165) is 11.3 Å². The van der Waals surface area contributed by atoms with Crippen molar-refractivity contribution in [1.29, 1.82) is 0 Å². The van der Waals surface area contributed by atoms with E-state index in [1.54, 1.807) is 7.11 Å². The summed E-state index contributed by atoms with van der Waals surface area (Å²) in [5.41, 5.74) is 1.02. The molecule has 6 atom stereocenters. The van der Waals surface area contributed by atoms with Gasteiger partial charge in [-0.3, -0.25) is 0 Å². The fourth-order valence-electron chi connectivity index (χ4n) is 3.79. The molecule has 32 heavy (non-hydrogen) atoms. The maximum atomic E-state index is 9.95. The van der Waals surface area contributed by atoms with Gasteiger partial charge in [0.05, 0.1) is 32.5 Å². The van der Waals surface area contributed by atoms with Gasteiger partial charge in [0.1, 0.15) is 5.75 Å². The Morgan fingerprint density at radius 3 is 2.31 bits per heavy atom. The van der Waals surface area contributed by atoms with Crippen molar-refractivity contribution >= 4 is 8.32 Å². The Morgan fingerprint density at radius 2 is 1.78 bits per heavy atom. The summed E-state index contributed by atoms with van der Waals surface area (Å²) in [7, 11) is -0.369. The van der Waals surface area contributed by atoms with E-state index in [1.807, 2.05) is 24.3 Å². The summed E-state index contributed by atoms with van der Waals surface area (Å²) in [6.45, 7) is 17.9. The zero-order chi connectivity index (χ0) is 24.1. The highest BCUT2D eigenvalue weighted by Gasteiger charge is 2.45. The van der Waals surface area contributed by atoms with Crippen LogP contribution in [0.2, 0.25) is 18.1 Å². The summed E-state index contributed by atoms with van der Waals surface area (Å²) in [4.78, 5) is 0. The molecule has 1 saturated heterocycles. The van der Waals surface area contributed by atoms with Crippen LogP contribution in [0.1, 0.15) is 47.1 Å². The standard InChI is InChI=1S/C25H44O6Si/c1-17(14-26)23(31-32(8,9)25(4,5)6)19(3)22-18(2)15-28-24(30-22)29-16-20-10-12-21(27-7)13-11-20/h10-13,17-19,22-24,26H,14-16H2,1-9H3/t17-,18-,19+,22-,23+,24+/m0/s1. The highest BCUT2D eigenvalue weighted by molar-refractivity contribution is 6.74. The van der Waals surface area contributed by atoms with E-state index in [-0.39, 0.29) is 41.6 Å². The van der Waals surface area contributed by atoms with Crippen LogP contribution in [0.15, 0.2) is 24.3 Å². The maximum Gasteiger partial charge on any atom is 0.272 e. The van der Waals surface area contributed by atoms with Gasteiger partial charge < -0.3 is 28.5 Å². The number of aliphatic hydroxyl groups excluding tert-OH is 1. The van der Waals surface area contributed by atoms with E-state index in [4.69, 9.17) is 23.4 Å². The van der Waals surface area contributed by atoms with Crippen LogP contribution >= 0.6 is 0 Å². The van der Waals surface area contributed by atoms with Crippen LogP contribution in [0.3, 0.4) is 0 Å². The Bertz CT molecular complexity index is 687. The summed E-state index contributed by atoms with van der Waals surface area (Å²) < 4.78 is 30.0. The second-order valence-corrected chi connectivity index (χ2v) is 15.5. The molecule has 0 amide bonds. The van der Waals surface area contributed by atoms with E-state index >= 15 is 0 Å². The fourth-order valence-corrected chi connectivity index (χ4v) is 5.27. The highest BCUT2D eigenvalue weighted by Crippen LogP contribution is 2.40. The molecule has 6 nitrogen and oxygen atoms in total. The molecule has 0 aromatic heterocycles. The zero-order valence-electron chi connectivity index (χ0n) is 21.4. The average molecular weight is 469 g/mol. The molecule has 1 heterocycles. The quantitative estimate of drug-likeness (QED) is 0.476. The molecular weight excluding hydrogens is 424 g/mol. The predicted molar refractivity (Wildman–Crippen MR) is 129 cm³/mol. The van der Waals surface area contributed by atoms with Crippen molar-refractivity contribution in [2.75, 3.05) is 20.3 Å². The van der Waals surface area contributed by atoms with Crippen LogP contribution in [0.25, 0.3) is 0 Å². The van der Waals surface area contributed by atoms with Gasteiger partial charge in [-0.05, 0) is 35.8 Å². The first kappa shape index (κ1) is 27.3. The predicted octanol–water partition coefficient (Wildman–Crippen LogP) is 5.20. The van der Waals surface area contributed by atoms with Crippen LogP contribution in [-0.2, 0) is 25.2 Å². The maximum absolute atomic E-state index is 9.95. The lowest BCUT2D eigenvalue weighted by atomic mass is 9.84. The van der Waals surface area contributed by atoms with Crippen molar-refractivity contribution in [2.24, 2.45) is 17.8 Å². The minimum Gasteiger partial charge on any atom is -0.497 e. The summed E-state index contributed by atoms with van der Waals surface area (Å²) in [5.74, 6) is 1.10. The Labute approximate surface area is 195 Å². The first-order valence-corrected chi connectivity index (χ1v) is 14.6. The third-order valence-electron chi connectivity index (χ3n) is 6.99. The second-order valence-electron chi connectivity index (χ2n) is 10.7. The van der Waals surface area contributed by atoms with Gasteiger partial charge in [0.2, 0.25) is 0 Å². The van der Waals surface area contributed by atoms with Crippen molar-refractivity contribution in [3.8, 4) is 5.75 Å². The van der Waals surface area contributed by atoms with E-state index < -0.39 is 14.8 Å². The van der Waals surface area contributed by atoms with Crippen molar-refractivity contribution in [1.82, 2.24) is 0 Å². The SMILES string of the molecule is COc1ccc(CO[C@H]2OC[C@H](C)[C@@H]([C@@H](C)[C@H](O[Si](C)(C)C(C)(C)C)[C@@H](C)CO)O2)cc1. The highest BCUT2D eigenvalue weighted by atomic mass is 28.4. The van der Waals surface area contributed by atoms with Gasteiger partial charge in [-0.15, -0.1) is 0 Å². The smallest absolute Gasteiger partial charge is 0.272 e. The minimum atomic E-state index is -2.02. The van der Waals surface area contributed by atoms with Gasteiger partial charge in [-0.2, -0.15) is 0 Å². The van der Waals surface area contributed by atoms with Crippen molar-refractivity contribution < 1.29 is 28.5 Å². The number of hydrogen-bond donors (Lipinski definition) is 1. The molecular formula is C25H44O6Si. The first-order valence-electron chi connectivity index (χ1n) is 11.7. The number of rotatable bonds is 10. The molecule has 0 bridgehead atoms. The molecule has 0 saturated carbocycles. The van der Waals surface area contributed by atoms with Crippen LogP contribution < -0.4 is 4.74 Å². The number of benzene rings is 1. The van der Waals surface area contributed by atoms with Gasteiger partial charge in [0.15, 0.2) is 8.32 Å². The molecule has 0 unspecified atom stereocenters. The molecule has 0 spiro atoms. The molecule has 1 aromatic carbocycles. The summed E-state index contributed by atoms with van der Waals surface area (Å²) in [6, 6.07) is 7.76. The minimum absolute atomic E-state index is 0.0106. The van der Waals surface area contributed by atoms with Crippen LogP contribution in [0.4, 0.5) is 0 Å². The molecule has 0 aliphatic carbocycles. The first-order chi connectivity index (χ1) is 14.9. The topological polar surface area (TPSA) is 66.4 Å². The van der Waals surface area contributed by atoms with Gasteiger partial charge in [0.25, 0.3) is 6.48 Å². The molecule has 1 aliphatic heterocycles. The Kier molecular flexibility index (Phi) is 9.76. The summed E-state index contributed by atoms with van der Waals surface area (Å²) in [5, 5.41) is 10.0. The molecule has 2 rings (SSSR count). The second kappa shape index (κ2) is 11.4. The number of ether oxygens (including phenoxy) is 4. The molecule has 0 radical (unpaired) electrons. The lowest BCUT2D eigenvalue weighted by Gasteiger charge is -2.46. The molecule has 1 N–H and O–H groups in total. The average Bonchev–Trinajstić information content (AvgIpc) is 2.75. The fraction of sp³-hybridized carbons (Fsp3) is 0.760. The van der Waals surface area contributed by atoms with E-state index in [9.17, 15) is 5.11 Å². The van der Waals surface area contributed by atoms with E-state index in [0.29, 0.717) is 13.2 Å². The van der Waals surface area contributed by atoms with Gasteiger partial charge in [-0.25, -0.2) is 0 Å². The van der Waals surface area contributed by atoms with Crippen LogP contribution in [0.5, 0.6) is 5.75 Å². The Balaban J connectivity index is 2.07. The summed E-state index contributed by atoms with van der Waals surface area (Å²) >= 11 is 0. The van der Waals surface area contributed by atoms with Crippen molar-refractivity contribution in [3.63, 3.8) is 0 Å². The summed E-state index contributed by atoms with van der Waals surface area (Å²) in [6.07, 6.45) is -0.193. The normalized spacial score (nSPS) is 25.2. The van der Waals surface area contributed by atoms with E-state index in [1.165, 1.54) is 0 Å². The number of hydrogen-bond acceptors (Lipinski definition) is 6. The number of aliphatic hydroxyl groups is 1. The lowest BCUT2D eigenvalue weighted by Crippen LogP contribution is -2.53. The Morgan fingerprint density at radius 1 is 1.16 bits per heavy atom. The molecule has 7 heteroatoms. The zero-order valence-corrected chi connectivity index (χ0v) is 22.4. The molecule has 1 aliphatic rings. The van der Waals surface area contributed by atoms with Gasteiger partial charge in [0, 0.05) is 24.4 Å². The van der Waals surface area contributed by atoms with Crippen LogP contribution in [-0.4, -0.2) is 52.4 Å². The third-order valence-corrected chi connectivity index (χ3v) is 11.5. The number of methoxy groups -OCH3 is 1. The molecule has 184 valence electrons. The van der Waals surface area contributed by atoms with Crippen LogP contribution in [0, 0.1) is 17.8 Å². The molecule has 1 aromatic rings. The van der Waals surface area contributed by atoms with Gasteiger partial charge >= 0.3 is 0 Å². The van der Waals surface area contributed by atoms with E-state index in [2.05, 4.69) is 54.6 Å². The van der Waals surface area contributed by atoms with Crippen molar-refractivity contribution in [2.45, 2.75) is 85.0 Å².